The van der Waals surface area contributed by atoms with Crippen molar-refractivity contribution in [3.63, 3.8) is 0 Å². The van der Waals surface area contributed by atoms with Crippen LogP contribution < -0.4 is 4.90 Å². The van der Waals surface area contributed by atoms with Crippen molar-refractivity contribution < 1.29 is 9.59 Å². The van der Waals surface area contributed by atoms with Crippen LogP contribution in [-0.2, 0) is 16.1 Å². The molecule has 4 nitrogen and oxygen atoms in total. The van der Waals surface area contributed by atoms with Gasteiger partial charge in [0.1, 0.15) is 0 Å². The van der Waals surface area contributed by atoms with Crippen LogP contribution in [0.5, 0.6) is 0 Å². The second-order valence-corrected chi connectivity index (χ2v) is 6.97. The Morgan fingerprint density at radius 3 is 2.40 bits per heavy atom. The summed E-state index contributed by atoms with van der Waals surface area (Å²) in [6.45, 7) is 0.803. The Kier molecular flexibility index (Phi) is 5.30. The Balaban J connectivity index is 1.72. The largest absolute Gasteiger partial charge is 0.341 e. The number of halogens is 2. The van der Waals surface area contributed by atoms with Gasteiger partial charge in [-0.15, -0.1) is 0 Å². The number of hydrogen-bond acceptors (Lipinski definition) is 2. The van der Waals surface area contributed by atoms with Crippen molar-refractivity contribution >= 4 is 40.7 Å². The minimum atomic E-state index is -0.395. The number of para-hydroxylation sites is 1. The van der Waals surface area contributed by atoms with E-state index in [1.165, 1.54) is 4.90 Å². The highest BCUT2D eigenvalue weighted by atomic mass is 35.5. The van der Waals surface area contributed by atoms with Crippen molar-refractivity contribution in [3.05, 3.63) is 64.1 Å². The summed E-state index contributed by atoms with van der Waals surface area (Å²) >= 11 is 12.4. The maximum atomic E-state index is 12.7. The molecule has 130 valence electrons. The summed E-state index contributed by atoms with van der Waals surface area (Å²) < 4.78 is 0. The Hall–Kier alpha value is -2.04. The molecule has 1 saturated heterocycles. The molecule has 1 heterocycles. The minimum absolute atomic E-state index is 0.0529. The van der Waals surface area contributed by atoms with Crippen LogP contribution >= 0.6 is 23.2 Å². The van der Waals surface area contributed by atoms with E-state index in [9.17, 15) is 9.59 Å². The monoisotopic (exact) mass is 376 g/mol. The van der Waals surface area contributed by atoms with Crippen molar-refractivity contribution in [1.82, 2.24) is 4.90 Å². The van der Waals surface area contributed by atoms with E-state index in [-0.39, 0.29) is 18.2 Å². The lowest BCUT2D eigenvalue weighted by atomic mass is 10.1. The third-order valence-corrected chi connectivity index (χ3v) is 4.93. The van der Waals surface area contributed by atoms with Crippen molar-refractivity contribution in [2.24, 2.45) is 5.92 Å². The number of rotatable bonds is 4. The van der Waals surface area contributed by atoms with Gasteiger partial charge in [-0.2, -0.15) is 0 Å². The summed E-state index contributed by atoms with van der Waals surface area (Å²) in [7, 11) is 1.75. The molecular weight excluding hydrogens is 359 g/mol. The van der Waals surface area contributed by atoms with Crippen LogP contribution in [0, 0.1) is 5.92 Å². The van der Waals surface area contributed by atoms with Crippen LogP contribution in [0.15, 0.2) is 48.5 Å². The lowest BCUT2D eigenvalue weighted by molar-refractivity contribution is -0.135. The van der Waals surface area contributed by atoms with Crippen LogP contribution in [0.25, 0.3) is 0 Å². The summed E-state index contributed by atoms with van der Waals surface area (Å²) in [4.78, 5) is 28.3. The van der Waals surface area contributed by atoms with Crippen molar-refractivity contribution in [2.45, 2.75) is 13.0 Å². The van der Waals surface area contributed by atoms with Crippen LogP contribution in [0.2, 0.25) is 10.0 Å². The van der Waals surface area contributed by atoms with Gasteiger partial charge in [0.05, 0.1) is 21.7 Å². The summed E-state index contributed by atoms with van der Waals surface area (Å²) in [5, 5.41) is 0.818. The molecule has 0 bridgehead atoms. The van der Waals surface area contributed by atoms with Gasteiger partial charge in [-0.05, 0) is 17.7 Å². The zero-order valence-corrected chi connectivity index (χ0v) is 15.3. The molecule has 1 atom stereocenters. The molecule has 0 spiro atoms. The van der Waals surface area contributed by atoms with Crippen molar-refractivity contribution in [1.29, 1.82) is 0 Å². The molecule has 3 rings (SSSR count). The molecule has 2 aromatic rings. The van der Waals surface area contributed by atoms with Gasteiger partial charge in [0.15, 0.2) is 0 Å². The third kappa shape index (κ3) is 3.80. The second-order valence-electron chi connectivity index (χ2n) is 6.16. The standard InChI is InChI=1S/C19H18Cl2N2O2/c1-22(11-13-6-3-2-4-7-13)19(25)14-10-17(24)23(12-14)18-15(20)8-5-9-16(18)21/h2-9,14H,10-12H2,1H3. The highest BCUT2D eigenvalue weighted by Gasteiger charge is 2.37. The first-order chi connectivity index (χ1) is 12.0. The maximum absolute atomic E-state index is 12.7. The van der Waals surface area contributed by atoms with Gasteiger partial charge in [0.2, 0.25) is 11.8 Å². The first kappa shape index (κ1) is 17.8. The Bertz CT molecular complexity index is 775. The molecular formula is C19H18Cl2N2O2. The molecule has 0 radical (unpaired) electrons. The first-order valence-corrected chi connectivity index (χ1v) is 8.76. The van der Waals surface area contributed by atoms with E-state index in [0.717, 1.165) is 5.56 Å². The zero-order chi connectivity index (χ0) is 18.0. The molecule has 2 amide bonds. The summed E-state index contributed by atoms with van der Waals surface area (Å²) in [5.41, 5.74) is 1.53. The van der Waals surface area contributed by atoms with E-state index in [4.69, 9.17) is 23.2 Å². The third-order valence-electron chi connectivity index (χ3n) is 4.32. The molecule has 25 heavy (non-hydrogen) atoms. The Morgan fingerprint density at radius 1 is 1.12 bits per heavy atom. The molecule has 1 aliphatic heterocycles. The van der Waals surface area contributed by atoms with Crippen molar-refractivity contribution in [2.75, 3.05) is 18.5 Å². The second kappa shape index (κ2) is 7.46. The van der Waals surface area contributed by atoms with Gasteiger partial charge in [-0.3, -0.25) is 9.59 Å². The van der Waals surface area contributed by atoms with E-state index in [1.54, 1.807) is 30.1 Å². The SMILES string of the molecule is CN(Cc1ccccc1)C(=O)C1CC(=O)N(c2c(Cl)cccc2Cl)C1. The van der Waals surface area contributed by atoms with Gasteiger partial charge in [0, 0.05) is 26.6 Å². The van der Waals surface area contributed by atoms with E-state index in [2.05, 4.69) is 0 Å². The van der Waals surface area contributed by atoms with Crippen LogP contribution in [0.4, 0.5) is 5.69 Å². The number of anilines is 1. The quantitative estimate of drug-likeness (QED) is 0.808. The van der Waals surface area contributed by atoms with Crippen molar-refractivity contribution in [3.8, 4) is 0 Å². The van der Waals surface area contributed by atoms with Gasteiger partial charge in [-0.25, -0.2) is 0 Å². The summed E-state index contributed by atoms with van der Waals surface area (Å²) in [6.07, 6.45) is 0.166. The number of carbonyl (C=O) groups is 2. The van der Waals surface area contributed by atoms with Crippen LogP contribution in [-0.4, -0.2) is 30.3 Å². The normalized spacial score (nSPS) is 17.0. The fraction of sp³-hybridized carbons (Fsp3) is 0.263. The lowest BCUT2D eigenvalue weighted by Gasteiger charge is -2.22. The predicted octanol–water partition coefficient (Wildman–Crippen LogP) is 4.00. The number of amides is 2. The molecule has 6 heteroatoms. The maximum Gasteiger partial charge on any atom is 0.228 e. The fourth-order valence-electron chi connectivity index (χ4n) is 3.08. The molecule has 0 aromatic heterocycles. The summed E-state index contributed by atoms with van der Waals surface area (Å²) in [5.74, 6) is -0.585. The van der Waals surface area contributed by atoms with E-state index >= 15 is 0 Å². The molecule has 1 unspecified atom stereocenters. The van der Waals surface area contributed by atoms with E-state index in [1.807, 2.05) is 30.3 Å². The Labute approximate surface area is 156 Å². The van der Waals surface area contributed by atoms with Gasteiger partial charge in [0.25, 0.3) is 0 Å². The summed E-state index contributed by atoms with van der Waals surface area (Å²) in [6, 6.07) is 14.9. The molecule has 1 aliphatic rings. The average Bonchev–Trinajstić information content (AvgIpc) is 2.96. The zero-order valence-electron chi connectivity index (χ0n) is 13.8. The molecule has 0 saturated carbocycles. The smallest absolute Gasteiger partial charge is 0.228 e. The highest BCUT2D eigenvalue weighted by Crippen LogP contribution is 2.37. The van der Waals surface area contributed by atoms with E-state index in [0.29, 0.717) is 28.8 Å². The van der Waals surface area contributed by atoms with Gasteiger partial charge >= 0.3 is 0 Å². The minimum Gasteiger partial charge on any atom is -0.341 e. The first-order valence-electron chi connectivity index (χ1n) is 8.00. The fourth-order valence-corrected chi connectivity index (χ4v) is 3.68. The van der Waals surface area contributed by atoms with Gasteiger partial charge in [-0.1, -0.05) is 59.6 Å². The molecule has 0 aliphatic carbocycles. The van der Waals surface area contributed by atoms with E-state index < -0.39 is 5.92 Å². The van der Waals surface area contributed by atoms with Gasteiger partial charge < -0.3 is 9.80 Å². The highest BCUT2D eigenvalue weighted by molar-refractivity contribution is 6.40. The van der Waals surface area contributed by atoms with Crippen LogP contribution in [0.1, 0.15) is 12.0 Å². The average molecular weight is 377 g/mol. The lowest BCUT2D eigenvalue weighted by Crippen LogP contribution is -2.34. The number of hydrogen-bond donors (Lipinski definition) is 0. The molecule has 0 N–H and O–H groups in total. The predicted molar refractivity (Wildman–Crippen MR) is 99.8 cm³/mol. The number of nitrogens with zero attached hydrogens (tertiary/aromatic N) is 2. The Morgan fingerprint density at radius 2 is 1.76 bits per heavy atom. The molecule has 2 aromatic carbocycles. The van der Waals surface area contributed by atoms with Crippen LogP contribution in [0.3, 0.4) is 0 Å². The topological polar surface area (TPSA) is 40.6 Å². The molecule has 1 fully saturated rings. The number of benzene rings is 2. The number of carbonyl (C=O) groups excluding carboxylic acids is 2.